The molecule has 0 aliphatic carbocycles. The van der Waals surface area contributed by atoms with Crippen molar-refractivity contribution in [3.8, 4) is 0 Å². The van der Waals surface area contributed by atoms with Gasteiger partial charge in [-0.1, -0.05) is 0 Å². The second-order valence-corrected chi connectivity index (χ2v) is 5.76. The minimum atomic E-state index is -4.44. The molecule has 1 rings (SSSR count). The molecule has 1 aromatic heterocycles. The molecule has 10 heteroatoms. The highest BCUT2D eigenvalue weighted by molar-refractivity contribution is 7.89. The molecule has 0 bridgehead atoms. The molecule has 0 spiro atoms. The molecule has 1 aromatic rings. The fraction of sp³-hybridized carbons (Fsp3) is 0.667. The van der Waals surface area contributed by atoms with Gasteiger partial charge in [0.2, 0.25) is 10.0 Å². The normalized spacial score (nSPS) is 14.6. The summed E-state index contributed by atoms with van der Waals surface area (Å²) in [6.07, 6.45) is -4.52. The van der Waals surface area contributed by atoms with Crippen molar-refractivity contribution >= 4 is 15.8 Å². The molecule has 19 heavy (non-hydrogen) atoms. The van der Waals surface area contributed by atoms with Gasteiger partial charge in [-0.25, -0.2) is 13.1 Å². The zero-order valence-electron chi connectivity index (χ0n) is 10.4. The van der Waals surface area contributed by atoms with E-state index in [2.05, 4.69) is 5.10 Å². The van der Waals surface area contributed by atoms with Crippen molar-refractivity contribution in [2.24, 2.45) is 0 Å². The van der Waals surface area contributed by atoms with Gasteiger partial charge in [0.25, 0.3) is 0 Å². The lowest BCUT2D eigenvalue weighted by Crippen LogP contribution is -2.36. The summed E-state index contributed by atoms with van der Waals surface area (Å²) in [5.74, 6) is -0.242. The third-order valence-electron chi connectivity index (χ3n) is 2.26. The number of rotatable bonds is 5. The van der Waals surface area contributed by atoms with Gasteiger partial charge >= 0.3 is 6.18 Å². The third kappa shape index (κ3) is 4.39. The molecule has 0 aliphatic rings. The van der Waals surface area contributed by atoms with Gasteiger partial charge in [-0.15, -0.1) is 0 Å². The van der Waals surface area contributed by atoms with Gasteiger partial charge in [0.05, 0.1) is 6.42 Å². The van der Waals surface area contributed by atoms with E-state index in [1.807, 2.05) is 4.72 Å². The van der Waals surface area contributed by atoms with E-state index < -0.39 is 28.7 Å². The Morgan fingerprint density at radius 1 is 1.53 bits per heavy atom. The molecule has 1 atom stereocenters. The minimum absolute atomic E-state index is 0.242. The average molecular weight is 300 g/mol. The number of hydrogen-bond acceptors (Lipinski definition) is 4. The highest BCUT2D eigenvalue weighted by Crippen LogP contribution is 2.23. The molecule has 110 valence electrons. The van der Waals surface area contributed by atoms with Crippen LogP contribution in [0.5, 0.6) is 0 Å². The largest absolute Gasteiger partial charge is 0.390 e. The smallest absolute Gasteiger partial charge is 0.381 e. The second-order valence-electron chi connectivity index (χ2n) is 4.08. The van der Waals surface area contributed by atoms with Gasteiger partial charge in [0.15, 0.2) is 5.82 Å². The second kappa shape index (κ2) is 5.37. The van der Waals surface area contributed by atoms with E-state index in [1.54, 1.807) is 6.92 Å². The van der Waals surface area contributed by atoms with Crippen LogP contribution in [-0.4, -0.2) is 30.4 Å². The first-order valence-electron chi connectivity index (χ1n) is 5.47. The lowest BCUT2D eigenvalue weighted by Gasteiger charge is -2.15. The summed E-state index contributed by atoms with van der Waals surface area (Å²) in [4.78, 5) is -0.316. The van der Waals surface area contributed by atoms with E-state index in [4.69, 9.17) is 5.73 Å². The number of anilines is 1. The molecule has 0 radical (unpaired) electrons. The number of aryl methyl sites for hydroxylation is 1. The zero-order valence-corrected chi connectivity index (χ0v) is 11.2. The topological polar surface area (TPSA) is 90.0 Å². The van der Waals surface area contributed by atoms with E-state index >= 15 is 0 Å². The van der Waals surface area contributed by atoms with Crippen LogP contribution in [0.4, 0.5) is 19.0 Å². The molecule has 0 saturated heterocycles. The standard InChI is InChI=1S/C9H15F3N4O2S/c1-3-16-5-7(8(13)14-16)19(17,18)15-6(2)4-9(10,11)12/h5-6,15H,3-4H2,1-2H3,(H2,13,14). The Bertz CT molecular complexity index is 538. The number of alkyl halides is 3. The van der Waals surface area contributed by atoms with Gasteiger partial charge in [-0.3, -0.25) is 4.68 Å². The lowest BCUT2D eigenvalue weighted by atomic mass is 10.2. The number of nitrogens with two attached hydrogens (primary N) is 1. The van der Waals surface area contributed by atoms with Crippen LogP contribution < -0.4 is 10.5 Å². The van der Waals surface area contributed by atoms with Crippen molar-refractivity contribution in [1.29, 1.82) is 0 Å². The molecule has 1 unspecified atom stereocenters. The van der Waals surface area contributed by atoms with Gasteiger partial charge in [-0.2, -0.15) is 18.3 Å². The Labute approximate surface area is 108 Å². The van der Waals surface area contributed by atoms with Crippen molar-refractivity contribution in [1.82, 2.24) is 14.5 Å². The number of halogens is 3. The average Bonchev–Trinajstić information content (AvgIpc) is 2.56. The summed E-state index contributed by atoms with van der Waals surface area (Å²) in [6, 6.07) is -1.28. The summed E-state index contributed by atoms with van der Waals surface area (Å²) >= 11 is 0. The predicted molar refractivity (Wildman–Crippen MR) is 62.8 cm³/mol. The molecule has 0 aromatic carbocycles. The predicted octanol–water partition coefficient (Wildman–Crippen LogP) is 1.10. The van der Waals surface area contributed by atoms with Crippen LogP contribution >= 0.6 is 0 Å². The Kier molecular flexibility index (Phi) is 4.46. The van der Waals surface area contributed by atoms with E-state index in [-0.39, 0.29) is 10.7 Å². The number of nitrogens with zero attached hydrogens (tertiary/aromatic N) is 2. The number of aromatic nitrogens is 2. The van der Waals surface area contributed by atoms with Gasteiger partial charge < -0.3 is 5.73 Å². The maximum Gasteiger partial charge on any atom is 0.390 e. The fourth-order valence-electron chi connectivity index (χ4n) is 1.50. The lowest BCUT2D eigenvalue weighted by molar-refractivity contribution is -0.137. The van der Waals surface area contributed by atoms with Gasteiger partial charge in [-0.05, 0) is 13.8 Å². The maximum atomic E-state index is 12.1. The summed E-state index contributed by atoms with van der Waals surface area (Å²) in [7, 11) is -4.11. The van der Waals surface area contributed by atoms with Crippen LogP contribution in [0, 0.1) is 0 Å². The molecule has 6 nitrogen and oxygen atoms in total. The van der Waals surface area contributed by atoms with Crippen molar-refractivity contribution in [3.05, 3.63) is 6.20 Å². The van der Waals surface area contributed by atoms with Crippen molar-refractivity contribution < 1.29 is 21.6 Å². The zero-order chi connectivity index (χ0) is 14.8. The molecule has 0 saturated carbocycles. The Hall–Kier alpha value is -1.29. The van der Waals surface area contributed by atoms with Gasteiger partial charge in [0, 0.05) is 18.8 Å². The summed E-state index contributed by atoms with van der Waals surface area (Å²) in [5.41, 5.74) is 5.43. The van der Waals surface area contributed by atoms with Crippen molar-refractivity contribution in [3.63, 3.8) is 0 Å². The summed E-state index contributed by atoms with van der Waals surface area (Å²) in [5, 5.41) is 3.73. The number of nitrogen functional groups attached to an aromatic ring is 1. The van der Waals surface area contributed by atoms with Crippen molar-refractivity contribution in [2.75, 3.05) is 5.73 Å². The van der Waals surface area contributed by atoms with Crippen LogP contribution in [-0.2, 0) is 16.6 Å². The Morgan fingerprint density at radius 2 is 2.11 bits per heavy atom. The molecule has 0 aliphatic heterocycles. The maximum absolute atomic E-state index is 12.1. The van der Waals surface area contributed by atoms with Crippen LogP contribution in [0.3, 0.4) is 0 Å². The van der Waals surface area contributed by atoms with Gasteiger partial charge in [0.1, 0.15) is 4.90 Å². The van der Waals surface area contributed by atoms with Crippen LogP contribution in [0.15, 0.2) is 11.1 Å². The molecule has 1 heterocycles. The molecule has 0 fully saturated rings. The molecule has 0 amide bonds. The van der Waals surface area contributed by atoms with E-state index in [9.17, 15) is 21.6 Å². The quantitative estimate of drug-likeness (QED) is 0.852. The number of nitrogens with one attached hydrogen (secondary N) is 1. The number of hydrogen-bond donors (Lipinski definition) is 2. The fourth-order valence-corrected chi connectivity index (χ4v) is 2.82. The first-order valence-corrected chi connectivity index (χ1v) is 6.95. The SMILES string of the molecule is CCn1cc(S(=O)(=O)NC(C)CC(F)(F)F)c(N)n1. The van der Waals surface area contributed by atoms with Crippen LogP contribution in [0.25, 0.3) is 0 Å². The van der Waals surface area contributed by atoms with E-state index in [0.717, 1.165) is 6.92 Å². The van der Waals surface area contributed by atoms with Crippen LogP contribution in [0.1, 0.15) is 20.3 Å². The Morgan fingerprint density at radius 3 is 2.53 bits per heavy atom. The highest BCUT2D eigenvalue weighted by Gasteiger charge is 2.32. The highest BCUT2D eigenvalue weighted by atomic mass is 32.2. The minimum Gasteiger partial charge on any atom is -0.381 e. The summed E-state index contributed by atoms with van der Waals surface area (Å²) in [6.45, 7) is 3.26. The van der Waals surface area contributed by atoms with E-state index in [1.165, 1.54) is 10.9 Å². The first-order chi connectivity index (χ1) is 8.55. The van der Waals surface area contributed by atoms with E-state index in [0.29, 0.717) is 6.54 Å². The van der Waals surface area contributed by atoms with Crippen molar-refractivity contribution in [2.45, 2.75) is 43.9 Å². The number of sulfonamides is 1. The Balaban J connectivity index is 2.89. The molecular formula is C9H15F3N4O2S. The summed E-state index contributed by atoms with van der Waals surface area (Å²) < 4.78 is 63.4. The first kappa shape index (κ1) is 15.8. The molecular weight excluding hydrogens is 285 g/mol. The monoisotopic (exact) mass is 300 g/mol. The molecule has 3 N–H and O–H groups in total. The third-order valence-corrected chi connectivity index (χ3v) is 3.87. The van der Waals surface area contributed by atoms with Crippen LogP contribution in [0.2, 0.25) is 0 Å².